The van der Waals surface area contributed by atoms with E-state index in [1.165, 1.54) is 0 Å². The fraction of sp³-hybridized carbons (Fsp3) is 0.350. The predicted molar refractivity (Wildman–Crippen MR) is 96.9 cm³/mol. The van der Waals surface area contributed by atoms with Gasteiger partial charge >= 0.3 is 0 Å². The number of rotatable bonds is 4. The molecule has 25 heavy (non-hydrogen) atoms. The molecule has 0 saturated carbocycles. The molecule has 1 aromatic heterocycles. The van der Waals surface area contributed by atoms with Gasteiger partial charge in [0.2, 0.25) is 5.91 Å². The fourth-order valence-electron chi connectivity index (χ4n) is 3.30. The summed E-state index contributed by atoms with van der Waals surface area (Å²) in [4.78, 5) is 21.2. The van der Waals surface area contributed by atoms with Crippen molar-refractivity contribution < 1.29 is 4.79 Å². The molecule has 128 valence electrons. The van der Waals surface area contributed by atoms with Crippen LogP contribution >= 0.6 is 0 Å². The average molecular weight is 334 g/mol. The lowest BCUT2D eigenvalue weighted by molar-refractivity contribution is -0.133. The highest BCUT2D eigenvalue weighted by atomic mass is 16.2. The Morgan fingerprint density at radius 2 is 2.04 bits per heavy atom. The van der Waals surface area contributed by atoms with E-state index in [0.717, 1.165) is 12.0 Å². The maximum absolute atomic E-state index is 12.7. The van der Waals surface area contributed by atoms with Gasteiger partial charge < -0.3 is 9.80 Å². The van der Waals surface area contributed by atoms with Crippen LogP contribution in [0.3, 0.4) is 0 Å². The number of nitrogens with zero attached hydrogens (tertiary/aromatic N) is 4. The fourth-order valence-corrected chi connectivity index (χ4v) is 3.30. The monoisotopic (exact) mass is 334 g/mol. The van der Waals surface area contributed by atoms with Crippen molar-refractivity contribution in [3.8, 4) is 6.07 Å². The minimum atomic E-state index is 0.101. The SMILES string of the molecule is CC[C@@H]1CN(c2ncccc2C#N)CCC(=O)N1Cc1ccccc1. The molecule has 1 aliphatic rings. The number of hydrogen-bond donors (Lipinski definition) is 0. The van der Waals surface area contributed by atoms with Crippen LogP contribution < -0.4 is 4.90 Å². The normalized spacial score (nSPS) is 17.9. The Hall–Kier alpha value is -2.87. The van der Waals surface area contributed by atoms with E-state index in [1.54, 1.807) is 18.3 Å². The number of amides is 1. The van der Waals surface area contributed by atoms with Gasteiger partial charge in [0.15, 0.2) is 0 Å². The molecule has 1 aliphatic heterocycles. The second-order valence-corrected chi connectivity index (χ2v) is 6.25. The number of pyridine rings is 1. The van der Waals surface area contributed by atoms with Crippen molar-refractivity contribution in [3.05, 3.63) is 59.8 Å². The van der Waals surface area contributed by atoms with E-state index in [4.69, 9.17) is 0 Å². The van der Waals surface area contributed by atoms with Crippen LogP contribution in [0.5, 0.6) is 0 Å². The van der Waals surface area contributed by atoms with Crippen molar-refractivity contribution in [2.45, 2.75) is 32.4 Å². The third-order valence-electron chi connectivity index (χ3n) is 4.66. The summed E-state index contributed by atoms with van der Waals surface area (Å²) in [5.41, 5.74) is 1.69. The second kappa shape index (κ2) is 7.80. The lowest BCUT2D eigenvalue weighted by Gasteiger charge is -2.32. The zero-order chi connectivity index (χ0) is 17.6. The van der Waals surface area contributed by atoms with E-state index in [0.29, 0.717) is 37.4 Å². The first kappa shape index (κ1) is 17.0. The number of carbonyl (C=O) groups excluding carboxylic acids is 1. The van der Waals surface area contributed by atoms with Crippen molar-refractivity contribution in [1.82, 2.24) is 9.88 Å². The van der Waals surface area contributed by atoms with Crippen molar-refractivity contribution in [3.63, 3.8) is 0 Å². The van der Waals surface area contributed by atoms with E-state index < -0.39 is 0 Å². The smallest absolute Gasteiger partial charge is 0.224 e. The molecule has 1 saturated heterocycles. The summed E-state index contributed by atoms with van der Waals surface area (Å²) in [5, 5.41) is 9.35. The molecule has 5 nitrogen and oxygen atoms in total. The molecular formula is C20H22N4O. The van der Waals surface area contributed by atoms with Crippen LogP contribution in [0, 0.1) is 11.3 Å². The third-order valence-corrected chi connectivity index (χ3v) is 4.66. The minimum Gasteiger partial charge on any atom is -0.353 e. The molecule has 3 rings (SSSR count). The third kappa shape index (κ3) is 3.80. The number of hydrogen-bond acceptors (Lipinski definition) is 4. The highest BCUT2D eigenvalue weighted by Crippen LogP contribution is 2.23. The molecule has 2 aromatic rings. The van der Waals surface area contributed by atoms with Gasteiger partial charge in [0.1, 0.15) is 11.9 Å². The zero-order valence-corrected chi connectivity index (χ0v) is 14.4. The number of carbonyl (C=O) groups is 1. The van der Waals surface area contributed by atoms with Gasteiger partial charge in [-0.15, -0.1) is 0 Å². The Labute approximate surface area is 148 Å². The molecule has 0 unspecified atom stereocenters. The summed E-state index contributed by atoms with van der Waals surface area (Å²) in [6, 6.07) is 15.9. The van der Waals surface area contributed by atoms with Crippen molar-refractivity contribution in [2.75, 3.05) is 18.0 Å². The quantitative estimate of drug-likeness (QED) is 0.862. The van der Waals surface area contributed by atoms with Crippen LogP contribution in [-0.4, -0.2) is 34.9 Å². The highest BCUT2D eigenvalue weighted by molar-refractivity contribution is 5.78. The standard InChI is InChI=1S/C20H22N4O/c1-2-18-15-23(20-17(13-21)9-6-11-22-20)12-10-19(25)24(18)14-16-7-4-3-5-8-16/h3-9,11,18H,2,10,12,14-15H2,1H3/t18-/m1/s1. The molecule has 0 N–H and O–H groups in total. The Kier molecular flexibility index (Phi) is 5.30. The Balaban J connectivity index is 1.85. The van der Waals surface area contributed by atoms with Gasteiger partial charge in [-0.2, -0.15) is 5.26 Å². The molecule has 1 atom stereocenters. The Morgan fingerprint density at radius 3 is 2.76 bits per heavy atom. The van der Waals surface area contributed by atoms with E-state index in [-0.39, 0.29) is 11.9 Å². The highest BCUT2D eigenvalue weighted by Gasteiger charge is 2.29. The molecular weight excluding hydrogens is 312 g/mol. The van der Waals surface area contributed by atoms with E-state index in [1.807, 2.05) is 23.1 Å². The van der Waals surface area contributed by atoms with Crippen LogP contribution in [-0.2, 0) is 11.3 Å². The Bertz CT molecular complexity index is 769. The summed E-state index contributed by atoms with van der Waals surface area (Å²) in [6.45, 7) is 4.01. The maximum Gasteiger partial charge on any atom is 0.224 e. The summed E-state index contributed by atoms with van der Waals surface area (Å²) in [6.07, 6.45) is 3.00. The van der Waals surface area contributed by atoms with Crippen LogP contribution in [0.2, 0.25) is 0 Å². The number of anilines is 1. The lowest BCUT2D eigenvalue weighted by atomic mass is 10.1. The number of nitriles is 1. The van der Waals surface area contributed by atoms with Gasteiger partial charge in [0.05, 0.1) is 5.56 Å². The van der Waals surface area contributed by atoms with Crippen LogP contribution in [0.25, 0.3) is 0 Å². The van der Waals surface area contributed by atoms with Crippen LogP contribution in [0.4, 0.5) is 5.82 Å². The van der Waals surface area contributed by atoms with Gasteiger partial charge in [0, 0.05) is 38.3 Å². The predicted octanol–water partition coefficient (Wildman–Crippen LogP) is 2.97. The lowest BCUT2D eigenvalue weighted by Crippen LogP contribution is -2.42. The molecule has 1 aromatic carbocycles. The first-order chi connectivity index (χ1) is 12.2. The van der Waals surface area contributed by atoms with Crippen molar-refractivity contribution in [1.29, 1.82) is 5.26 Å². The summed E-state index contributed by atoms with van der Waals surface area (Å²) in [5.74, 6) is 0.838. The average Bonchev–Trinajstić information content (AvgIpc) is 2.82. The van der Waals surface area contributed by atoms with Crippen LogP contribution in [0.15, 0.2) is 48.7 Å². The summed E-state index contributed by atoms with van der Waals surface area (Å²) >= 11 is 0. The Morgan fingerprint density at radius 1 is 1.24 bits per heavy atom. The minimum absolute atomic E-state index is 0.101. The van der Waals surface area contributed by atoms with Crippen LogP contribution in [0.1, 0.15) is 30.9 Å². The molecule has 1 amide bonds. The number of benzene rings is 1. The molecule has 2 heterocycles. The van der Waals surface area contributed by atoms with Gasteiger partial charge in [-0.05, 0) is 24.1 Å². The molecule has 0 bridgehead atoms. The first-order valence-electron chi connectivity index (χ1n) is 8.66. The topological polar surface area (TPSA) is 60.2 Å². The first-order valence-corrected chi connectivity index (χ1v) is 8.66. The van der Waals surface area contributed by atoms with E-state index >= 15 is 0 Å². The van der Waals surface area contributed by atoms with Crippen molar-refractivity contribution >= 4 is 11.7 Å². The summed E-state index contributed by atoms with van der Waals surface area (Å²) in [7, 11) is 0. The van der Waals surface area contributed by atoms with Gasteiger partial charge in [-0.25, -0.2) is 4.98 Å². The van der Waals surface area contributed by atoms with Crippen molar-refractivity contribution in [2.24, 2.45) is 0 Å². The van der Waals surface area contributed by atoms with Gasteiger partial charge in [-0.1, -0.05) is 37.3 Å². The molecule has 0 radical (unpaired) electrons. The molecule has 0 spiro atoms. The largest absolute Gasteiger partial charge is 0.353 e. The summed E-state index contributed by atoms with van der Waals surface area (Å²) < 4.78 is 0. The van der Waals surface area contributed by atoms with Gasteiger partial charge in [0.25, 0.3) is 0 Å². The van der Waals surface area contributed by atoms with E-state index in [9.17, 15) is 10.1 Å². The van der Waals surface area contributed by atoms with E-state index in [2.05, 4.69) is 35.0 Å². The number of aromatic nitrogens is 1. The second-order valence-electron chi connectivity index (χ2n) is 6.25. The zero-order valence-electron chi connectivity index (χ0n) is 14.4. The molecule has 1 fully saturated rings. The molecule has 0 aliphatic carbocycles. The van der Waals surface area contributed by atoms with Gasteiger partial charge in [-0.3, -0.25) is 4.79 Å². The molecule has 5 heteroatoms. The maximum atomic E-state index is 12.7.